The minimum absolute atomic E-state index is 0.267. The van der Waals surface area contributed by atoms with Gasteiger partial charge in [-0.05, 0) is 63.5 Å². The second kappa shape index (κ2) is 9.33. The monoisotopic (exact) mass is 356 g/mol. The molecule has 4 nitrogen and oxygen atoms in total. The highest BCUT2D eigenvalue weighted by molar-refractivity contribution is 5.66. The van der Waals surface area contributed by atoms with Crippen molar-refractivity contribution in [1.29, 1.82) is 0 Å². The molecule has 0 heterocycles. The first-order valence-corrected chi connectivity index (χ1v) is 10.1. The number of carbonyl (C=O) groups is 1. The predicted octanol–water partition coefficient (Wildman–Crippen LogP) is 3.83. The van der Waals surface area contributed by atoms with E-state index in [2.05, 4.69) is 54.0 Å². The van der Waals surface area contributed by atoms with Gasteiger partial charge in [0, 0.05) is 24.5 Å². The average Bonchev–Trinajstić information content (AvgIpc) is 3.40. The van der Waals surface area contributed by atoms with Crippen molar-refractivity contribution in [3.63, 3.8) is 0 Å². The smallest absolute Gasteiger partial charge is 0.303 e. The summed E-state index contributed by atoms with van der Waals surface area (Å²) in [5, 5.41) is 16.1. The van der Waals surface area contributed by atoms with Gasteiger partial charge in [-0.1, -0.05) is 42.0 Å². The van der Waals surface area contributed by atoms with Crippen LogP contribution in [0, 0.1) is 5.92 Å². The van der Waals surface area contributed by atoms with E-state index in [4.69, 9.17) is 5.11 Å². The molecular weight excluding hydrogens is 324 g/mol. The van der Waals surface area contributed by atoms with Crippen molar-refractivity contribution in [2.24, 2.45) is 5.92 Å². The second-order valence-corrected chi connectivity index (χ2v) is 7.91. The van der Waals surface area contributed by atoms with Crippen LogP contribution < -0.4 is 10.6 Å². The van der Waals surface area contributed by atoms with E-state index in [1.807, 2.05) is 0 Å². The van der Waals surface area contributed by atoms with E-state index in [1.165, 1.54) is 43.2 Å². The Balaban J connectivity index is 1.33. The van der Waals surface area contributed by atoms with Gasteiger partial charge in [-0.3, -0.25) is 4.79 Å². The first-order valence-electron chi connectivity index (χ1n) is 10.1. The first-order chi connectivity index (χ1) is 12.6. The highest BCUT2D eigenvalue weighted by Gasteiger charge is 2.39. The molecule has 0 amide bonds. The zero-order chi connectivity index (χ0) is 18.4. The summed E-state index contributed by atoms with van der Waals surface area (Å²) in [6.07, 6.45) is 9.42. The van der Waals surface area contributed by atoms with E-state index in [1.54, 1.807) is 0 Å². The Labute approximate surface area is 157 Å². The molecule has 0 radical (unpaired) electrons. The summed E-state index contributed by atoms with van der Waals surface area (Å²) in [7, 11) is 0. The molecule has 3 N–H and O–H groups in total. The van der Waals surface area contributed by atoms with Gasteiger partial charge in [0.1, 0.15) is 0 Å². The summed E-state index contributed by atoms with van der Waals surface area (Å²) in [5.74, 6) is -0.00243. The third kappa shape index (κ3) is 5.96. The van der Waals surface area contributed by atoms with Gasteiger partial charge < -0.3 is 15.7 Å². The van der Waals surface area contributed by atoms with Crippen LogP contribution in [0.1, 0.15) is 57.4 Å². The van der Waals surface area contributed by atoms with Crippen LogP contribution in [-0.4, -0.2) is 35.7 Å². The number of carboxylic acids is 1. The number of hydrogen-bond acceptors (Lipinski definition) is 3. The quantitative estimate of drug-likeness (QED) is 0.589. The van der Waals surface area contributed by atoms with Crippen molar-refractivity contribution in [3.05, 3.63) is 41.5 Å². The molecule has 3 rings (SSSR count). The van der Waals surface area contributed by atoms with Crippen LogP contribution in [0.25, 0.3) is 6.08 Å². The van der Waals surface area contributed by atoms with E-state index in [9.17, 15) is 4.79 Å². The van der Waals surface area contributed by atoms with Gasteiger partial charge in [0.15, 0.2) is 0 Å². The lowest BCUT2D eigenvalue weighted by atomic mass is 9.91. The molecule has 4 heteroatoms. The molecule has 0 spiro atoms. The Morgan fingerprint density at radius 2 is 1.85 bits per heavy atom. The zero-order valence-corrected chi connectivity index (χ0v) is 15.8. The molecule has 2 saturated carbocycles. The standard InChI is InChI=1S/C22H32N2O2/c1-16(14-17-6-3-2-4-7-17)20-15-21(20)24-19-11-9-18(10-12-19)23-13-5-8-22(25)26/h2-4,6-7,14,18-21,23-24H,5,8-13,15H2,1H3,(H,25,26)/b16-14+. The van der Waals surface area contributed by atoms with Crippen molar-refractivity contribution in [3.8, 4) is 0 Å². The predicted molar refractivity (Wildman–Crippen MR) is 106 cm³/mol. The Morgan fingerprint density at radius 1 is 1.15 bits per heavy atom. The summed E-state index contributed by atoms with van der Waals surface area (Å²) >= 11 is 0. The molecule has 2 aliphatic carbocycles. The molecule has 1 aromatic rings. The molecule has 2 atom stereocenters. The van der Waals surface area contributed by atoms with E-state index >= 15 is 0 Å². The van der Waals surface area contributed by atoms with E-state index in [0.717, 1.165) is 13.0 Å². The van der Waals surface area contributed by atoms with E-state index in [-0.39, 0.29) is 6.42 Å². The summed E-state index contributed by atoms with van der Waals surface area (Å²) < 4.78 is 0. The fraction of sp³-hybridized carbons (Fsp3) is 0.591. The lowest BCUT2D eigenvalue weighted by Gasteiger charge is -2.30. The van der Waals surface area contributed by atoms with Gasteiger partial charge in [0.2, 0.25) is 0 Å². The lowest BCUT2D eigenvalue weighted by Crippen LogP contribution is -2.41. The Kier molecular flexibility index (Phi) is 6.86. The molecule has 1 aromatic carbocycles. The fourth-order valence-electron chi connectivity index (χ4n) is 4.11. The minimum Gasteiger partial charge on any atom is -0.481 e. The van der Waals surface area contributed by atoms with Crippen molar-refractivity contribution >= 4 is 12.0 Å². The average molecular weight is 357 g/mol. The molecule has 2 unspecified atom stereocenters. The third-order valence-corrected chi connectivity index (χ3v) is 5.75. The maximum Gasteiger partial charge on any atom is 0.303 e. The van der Waals surface area contributed by atoms with Gasteiger partial charge in [-0.25, -0.2) is 0 Å². The van der Waals surface area contributed by atoms with Crippen molar-refractivity contribution in [2.75, 3.05) is 6.54 Å². The summed E-state index contributed by atoms with van der Waals surface area (Å²) in [4.78, 5) is 10.5. The molecule has 142 valence electrons. The topological polar surface area (TPSA) is 61.4 Å². The van der Waals surface area contributed by atoms with Crippen LogP contribution in [0.2, 0.25) is 0 Å². The fourth-order valence-corrected chi connectivity index (χ4v) is 4.11. The number of benzene rings is 1. The second-order valence-electron chi connectivity index (χ2n) is 7.91. The molecule has 0 aliphatic heterocycles. The van der Waals surface area contributed by atoms with Crippen LogP contribution in [0.15, 0.2) is 35.9 Å². The first kappa shape index (κ1) is 19.1. The van der Waals surface area contributed by atoms with Crippen molar-refractivity contribution in [1.82, 2.24) is 10.6 Å². The summed E-state index contributed by atoms with van der Waals surface area (Å²) in [6.45, 7) is 3.08. The van der Waals surface area contributed by atoms with Crippen molar-refractivity contribution < 1.29 is 9.90 Å². The number of hydrogen-bond donors (Lipinski definition) is 3. The van der Waals surface area contributed by atoms with Gasteiger partial charge in [0.25, 0.3) is 0 Å². The van der Waals surface area contributed by atoms with Gasteiger partial charge >= 0.3 is 5.97 Å². The molecular formula is C22H32N2O2. The number of nitrogens with one attached hydrogen (secondary N) is 2. The largest absolute Gasteiger partial charge is 0.481 e. The zero-order valence-electron chi connectivity index (χ0n) is 15.8. The lowest BCUT2D eigenvalue weighted by molar-refractivity contribution is -0.137. The molecule has 2 aliphatic rings. The SMILES string of the molecule is C/C(=C\c1ccccc1)C1CC1NC1CCC(NCCCC(=O)O)CC1. The Morgan fingerprint density at radius 3 is 2.54 bits per heavy atom. The normalized spacial score (nSPS) is 28.7. The van der Waals surface area contributed by atoms with Gasteiger partial charge in [0.05, 0.1) is 0 Å². The maximum absolute atomic E-state index is 10.5. The van der Waals surface area contributed by atoms with Gasteiger partial charge in [-0.15, -0.1) is 0 Å². The van der Waals surface area contributed by atoms with Crippen LogP contribution in [0.3, 0.4) is 0 Å². The van der Waals surface area contributed by atoms with E-state index < -0.39 is 5.97 Å². The summed E-state index contributed by atoms with van der Waals surface area (Å²) in [6, 6.07) is 12.4. The molecule has 0 bridgehead atoms. The van der Waals surface area contributed by atoms with Crippen molar-refractivity contribution in [2.45, 2.75) is 70.0 Å². The molecule has 26 heavy (non-hydrogen) atoms. The third-order valence-electron chi connectivity index (χ3n) is 5.75. The number of rotatable bonds is 9. The summed E-state index contributed by atoms with van der Waals surface area (Å²) in [5.41, 5.74) is 2.78. The minimum atomic E-state index is -0.699. The Hall–Kier alpha value is -1.65. The van der Waals surface area contributed by atoms with Crippen LogP contribution in [0.4, 0.5) is 0 Å². The highest BCUT2D eigenvalue weighted by Crippen LogP contribution is 2.39. The van der Waals surface area contributed by atoms with Crippen LogP contribution in [0.5, 0.6) is 0 Å². The van der Waals surface area contributed by atoms with Crippen LogP contribution >= 0.6 is 0 Å². The highest BCUT2D eigenvalue weighted by atomic mass is 16.4. The maximum atomic E-state index is 10.5. The number of aliphatic carboxylic acids is 1. The van der Waals surface area contributed by atoms with Crippen LogP contribution in [-0.2, 0) is 4.79 Å². The van der Waals surface area contributed by atoms with Gasteiger partial charge in [-0.2, -0.15) is 0 Å². The molecule has 2 fully saturated rings. The van der Waals surface area contributed by atoms with E-state index in [0.29, 0.717) is 24.0 Å². The Bertz CT molecular complexity index is 606. The number of carboxylic acid groups (broad SMARTS) is 1. The molecule has 0 saturated heterocycles. The molecule has 0 aromatic heterocycles.